The number of carbonyl (C=O) groups excluding carboxylic acids is 2. The number of alkyl halides is 3. The maximum atomic E-state index is 13.0. The first-order valence-corrected chi connectivity index (χ1v) is 11.6. The molecule has 0 atom stereocenters. The molecule has 3 aromatic rings. The number of aromatic nitrogens is 1. The lowest BCUT2D eigenvalue weighted by molar-refractivity contribution is -0.685. The largest absolute Gasteiger partial charge is 0.741 e. The number of methoxy groups -OCH3 is 1. The number of pyridine rings is 1. The summed E-state index contributed by atoms with van der Waals surface area (Å²) in [6.07, 6.45) is 0.397. The van der Waals surface area contributed by atoms with Gasteiger partial charge in [-0.15, -0.1) is 0 Å². The summed E-state index contributed by atoms with van der Waals surface area (Å²) in [7, 11) is -2.67. The van der Waals surface area contributed by atoms with Gasteiger partial charge in [0.2, 0.25) is 0 Å². The van der Waals surface area contributed by atoms with Gasteiger partial charge in [0, 0.05) is 23.3 Å². The molecule has 12 heteroatoms. The van der Waals surface area contributed by atoms with Gasteiger partial charge in [-0.1, -0.05) is 0 Å². The lowest BCUT2D eigenvalue weighted by Gasteiger charge is -2.08. The maximum Gasteiger partial charge on any atom is 0.485 e. The highest BCUT2D eigenvalue weighted by Crippen LogP contribution is 2.20. The molecule has 0 spiro atoms. The van der Waals surface area contributed by atoms with E-state index in [2.05, 4.69) is 0 Å². The summed E-state index contributed by atoms with van der Waals surface area (Å²) in [6.45, 7) is 0. The molecule has 1 heterocycles. The van der Waals surface area contributed by atoms with Gasteiger partial charge in [0.1, 0.15) is 18.6 Å². The van der Waals surface area contributed by atoms with Crippen LogP contribution >= 0.6 is 0 Å². The van der Waals surface area contributed by atoms with Crippen LogP contribution in [0, 0.1) is 5.82 Å². The van der Waals surface area contributed by atoms with Crippen molar-refractivity contribution in [3.05, 3.63) is 95.1 Å². The van der Waals surface area contributed by atoms with Gasteiger partial charge in [-0.05, 0) is 54.6 Å². The van der Waals surface area contributed by atoms with Gasteiger partial charge in [-0.2, -0.15) is 13.2 Å². The minimum atomic E-state index is -6.09. The average Bonchev–Trinajstić information content (AvgIpc) is 2.81. The van der Waals surface area contributed by atoms with E-state index in [9.17, 15) is 27.2 Å². The fourth-order valence-corrected chi connectivity index (χ4v) is 2.98. The normalized spacial score (nSPS) is 11.3. The lowest BCUT2D eigenvalue weighted by Crippen LogP contribution is -2.40. The summed E-state index contributed by atoms with van der Waals surface area (Å²) >= 11 is 0. The van der Waals surface area contributed by atoms with E-state index in [1.54, 1.807) is 31.4 Å². The number of rotatable bonds is 7. The van der Waals surface area contributed by atoms with Crippen molar-refractivity contribution in [1.82, 2.24) is 0 Å². The molecule has 0 N–H and O–H groups in total. The summed E-state index contributed by atoms with van der Waals surface area (Å²) < 4.78 is 78.9. The molecule has 0 saturated heterocycles. The van der Waals surface area contributed by atoms with Crippen LogP contribution < -0.4 is 9.30 Å². The van der Waals surface area contributed by atoms with E-state index < -0.39 is 15.6 Å². The Kier molecular flexibility index (Phi) is 9.42. The minimum absolute atomic E-state index is 0.0136. The smallest absolute Gasteiger partial charge is 0.485 e. The van der Waals surface area contributed by atoms with E-state index in [0.717, 1.165) is 11.4 Å². The fourth-order valence-electron chi connectivity index (χ4n) is 2.98. The van der Waals surface area contributed by atoms with Crippen LogP contribution in [-0.4, -0.2) is 37.2 Å². The van der Waals surface area contributed by atoms with Gasteiger partial charge >= 0.3 is 5.51 Å². The number of hydrogen-bond acceptors (Lipinski definition) is 6. The van der Waals surface area contributed by atoms with Crippen LogP contribution in [0.15, 0.2) is 66.7 Å². The van der Waals surface area contributed by atoms with E-state index in [-0.39, 0.29) is 30.2 Å². The quantitative estimate of drug-likeness (QED) is 0.153. The van der Waals surface area contributed by atoms with Crippen molar-refractivity contribution in [3.63, 3.8) is 0 Å². The summed E-state index contributed by atoms with van der Waals surface area (Å²) in [4.78, 5) is 25.1. The zero-order chi connectivity index (χ0) is 27.1. The molecule has 0 aliphatic rings. The molecule has 0 aliphatic carbocycles. The molecule has 2 aromatic carbocycles. The standard InChI is InChI=1S/C23H21FNO3.CHF3O3S/c1-25-19(14-22(26)16-6-10-18(24)11-7-16)4-3-5-20(25)15-23(27)17-8-12-21(28-2)13-9-17;2-1(3,4)8(5,6)7/h3-13H,14-15H2,1-2H3;(H,5,6,7)/q+1;/p-1. The molecule has 36 heavy (non-hydrogen) atoms. The van der Waals surface area contributed by atoms with Crippen LogP contribution in [0.5, 0.6) is 5.75 Å². The van der Waals surface area contributed by atoms with Crippen molar-refractivity contribution in [2.45, 2.75) is 18.3 Å². The molecule has 7 nitrogen and oxygen atoms in total. The Bertz CT molecular complexity index is 1320. The SMILES string of the molecule is COc1ccc(C(=O)Cc2cccc(CC(=O)c3ccc(F)cc3)[n+]2C)cc1.O=S(=O)([O-])C(F)(F)F. The van der Waals surface area contributed by atoms with Crippen LogP contribution in [0.3, 0.4) is 0 Å². The van der Waals surface area contributed by atoms with Crippen molar-refractivity contribution in [1.29, 1.82) is 0 Å². The molecule has 1 aromatic heterocycles. The van der Waals surface area contributed by atoms with Crippen LogP contribution in [0.25, 0.3) is 0 Å². The van der Waals surface area contributed by atoms with E-state index in [1.807, 2.05) is 29.8 Å². The third kappa shape index (κ3) is 7.95. The molecule has 0 amide bonds. The number of ketones is 2. The van der Waals surface area contributed by atoms with Gasteiger partial charge < -0.3 is 9.29 Å². The van der Waals surface area contributed by atoms with Gasteiger partial charge in [0.15, 0.2) is 33.1 Å². The number of halogens is 4. The number of carbonyl (C=O) groups is 2. The molecule has 192 valence electrons. The Labute approximate surface area is 204 Å². The molecule has 0 radical (unpaired) electrons. The molecular formula is C24H21F4NO6S. The topological polar surface area (TPSA) is 104 Å². The van der Waals surface area contributed by atoms with Crippen molar-refractivity contribution in [2.75, 3.05) is 7.11 Å². The first-order valence-electron chi connectivity index (χ1n) is 10.2. The molecule has 0 fully saturated rings. The van der Waals surface area contributed by atoms with E-state index in [0.29, 0.717) is 16.9 Å². The van der Waals surface area contributed by atoms with E-state index >= 15 is 0 Å². The van der Waals surface area contributed by atoms with Crippen molar-refractivity contribution in [3.8, 4) is 5.75 Å². The average molecular weight is 527 g/mol. The third-order valence-electron chi connectivity index (χ3n) is 4.98. The summed E-state index contributed by atoms with van der Waals surface area (Å²) in [6, 6.07) is 18.1. The van der Waals surface area contributed by atoms with Gasteiger partial charge in [0.25, 0.3) is 0 Å². The van der Waals surface area contributed by atoms with Crippen LogP contribution in [-0.2, 0) is 30.0 Å². The van der Waals surface area contributed by atoms with Crippen molar-refractivity contribution < 1.29 is 49.4 Å². The van der Waals surface area contributed by atoms with Crippen LogP contribution in [0.2, 0.25) is 0 Å². The second-order valence-corrected chi connectivity index (χ2v) is 8.77. The Balaban J connectivity index is 0.000000493. The zero-order valence-electron chi connectivity index (χ0n) is 19.1. The predicted octanol–water partition coefficient (Wildman–Crippen LogP) is 3.56. The van der Waals surface area contributed by atoms with Crippen LogP contribution in [0.1, 0.15) is 32.1 Å². The molecular weight excluding hydrogens is 506 g/mol. The number of ether oxygens (including phenoxy) is 1. The number of hydrogen-bond donors (Lipinski definition) is 0. The summed E-state index contributed by atoms with van der Waals surface area (Å²) in [5.41, 5.74) is -2.98. The molecule has 0 saturated carbocycles. The Morgan fingerprint density at radius 3 is 1.61 bits per heavy atom. The molecule has 0 aliphatic heterocycles. The van der Waals surface area contributed by atoms with E-state index in [1.165, 1.54) is 24.3 Å². The highest BCUT2D eigenvalue weighted by atomic mass is 32.2. The summed E-state index contributed by atoms with van der Waals surface area (Å²) in [5.74, 6) is 0.207. The van der Waals surface area contributed by atoms with Crippen LogP contribution in [0.4, 0.5) is 17.6 Å². The Hall–Kier alpha value is -3.64. The van der Waals surface area contributed by atoms with Gasteiger partial charge in [0.05, 0.1) is 20.0 Å². The molecule has 0 bridgehead atoms. The van der Waals surface area contributed by atoms with Crippen molar-refractivity contribution in [2.24, 2.45) is 7.05 Å². The first kappa shape index (κ1) is 28.6. The Morgan fingerprint density at radius 1 is 0.861 bits per heavy atom. The zero-order valence-corrected chi connectivity index (χ0v) is 19.9. The molecule has 0 unspecified atom stereocenters. The minimum Gasteiger partial charge on any atom is -0.741 e. The Morgan fingerprint density at radius 2 is 1.25 bits per heavy atom. The van der Waals surface area contributed by atoms with Gasteiger partial charge in [-0.25, -0.2) is 17.4 Å². The van der Waals surface area contributed by atoms with E-state index in [4.69, 9.17) is 17.7 Å². The number of nitrogens with zero attached hydrogens (tertiary/aromatic N) is 1. The van der Waals surface area contributed by atoms with Crippen molar-refractivity contribution >= 4 is 21.7 Å². The third-order valence-corrected chi connectivity index (χ3v) is 5.55. The highest BCUT2D eigenvalue weighted by molar-refractivity contribution is 7.86. The second-order valence-electron chi connectivity index (χ2n) is 7.40. The molecule has 3 rings (SSSR count). The monoisotopic (exact) mass is 527 g/mol. The fraction of sp³-hybridized carbons (Fsp3) is 0.208. The highest BCUT2D eigenvalue weighted by Gasteiger charge is 2.36. The predicted molar refractivity (Wildman–Crippen MR) is 119 cm³/mol. The second kappa shape index (κ2) is 11.9. The van der Waals surface area contributed by atoms with Gasteiger partial charge in [-0.3, -0.25) is 9.59 Å². The number of Topliss-reactive ketones (excluding diaryl/α,β-unsaturated/α-hetero) is 2. The maximum absolute atomic E-state index is 13.0. The lowest BCUT2D eigenvalue weighted by atomic mass is 10.0. The first-order chi connectivity index (χ1) is 16.7. The summed E-state index contributed by atoms with van der Waals surface area (Å²) in [5, 5.41) is 0. The number of benzene rings is 2.